The molecule has 0 aromatic heterocycles. The average Bonchev–Trinajstić information content (AvgIpc) is 2.69. The Balaban J connectivity index is 1.41. The minimum absolute atomic E-state index is 0.0358. The second kappa shape index (κ2) is 7.54. The molecule has 2 aliphatic rings. The van der Waals surface area contributed by atoms with E-state index in [1.807, 2.05) is 41.3 Å². The van der Waals surface area contributed by atoms with Gasteiger partial charge < -0.3 is 15.0 Å². The molecule has 5 nitrogen and oxygen atoms in total. The molecule has 0 saturated heterocycles. The van der Waals surface area contributed by atoms with Gasteiger partial charge in [0, 0.05) is 18.7 Å². The molecule has 0 atom stereocenters. The molecule has 4 rings (SSSR count). The molecule has 152 valence electrons. The third-order valence-electron chi connectivity index (χ3n) is 5.65. The first-order chi connectivity index (χ1) is 13.8. The lowest BCUT2D eigenvalue weighted by molar-refractivity contribution is -0.119. The lowest BCUT2D eigenvalue weighted by atomic mass is 9.87. The maximum atomic E-state index is 12.4. The Morgan fingerprint density at radius 3 is 2.45 bits per heavy atom. The number of benzene rings is 2. The third kappa shape index (κ3) is 4.14. The summed E-state index contributed by atoms with van der Waals surface area (Å²) in [5, 5.41) is 2.96. The molecule has 2 aromatic carbocycles. The fraction of sp³-hybridized carbons (Fsp3) is 0.417. The Hall–Kier alpha value is -2.82. The summed E-state index contributed by atoms with van der Waals surface area (Å²) < 4.78 is 5.65. The minimum atomic E-state index is -0.184. The number of aryl methyl sites for hydroxylation is 2. The summed E-state index contributed by atoms with van der Waals surface area (Å²) in [6.45, 7) is 7.25. The lowest BCUT2D eigenvalue weighted by Crippen LogP contribution is -2.39. The van der Waals surface area contributed by atoms with Crippen LogP contribution in [0.15, 0.2) is 36.4 Å². The van der Waals surface area contributed by atoms with Crippen LogP contribution < -0.4 is 15.0 Å². The Kier molecular flexibility index (Phi) is 5.07. The third-order valence-corrected chi connectivity index (χ3v) is 5.65. The van der Waals surface area contributed by atoms with Gasteiger partial charge in [-0.2, -0.15) is 0 Å². The van der Waals surface area contributed by atoms with Gasteiger partial charge in [-0.1, -0.05) is 32.9 Å². The van der Waals surface area contributed by atoms with E-state index in [9.17, 15) is 9.59 Å². The van der Waals surface area contributed by atoms with Gasteiger partial charge in [0.1, 0.15) is 5.75 Å². The van der Waals surface area contributed by atoms with Crippen LogP contribution in [0.1, 0.15) is 50.3 Å². The Morgan fingerprint density at radius 1 is 1.07 bits per heavy atom. The molecule has 1 N–H and O–H groups in total. The summed E-state index contributed by atoms with van der Waals surface area (Å²) in [5.74, 6) is 0.709. The zero-order valence-corrected chi connectivity index (χ0v) is 17.4. The molecule has 29 heavy (non-hydrogen) atoms. The summed E-state index contributed by atoms with van der Waals surface area (Å²) in [4.78, 5) is 26.5. The van der Waals surface area contributed by atoms with Crippen LogP contribution in [0.4, 0.5) is 11.4 Å². The molecule has 2 amide bonds. The normalized spacial score (nSPS) is 15.7. The Labute approximate surface area is 172 Å². The minimum Gasteiger partial charge on any atom is -0.484 e. The van der Waals surface area contributed by atoms with Crippen LogP contribution >= 0.6 is 0 Å². The number of rotatable bonds is 4. The fourth-order valence-corrected chi connectivity index (χ4v) is 4.12. The number of ether oxygens (including phenoxy) is 1. The van der Waals surface area contributed by atoms with Gasteiger partial charge in [0.25, 0.3) is 5.91 Å². The van der Waals surface area contributed by atoms with E-state index in [1.54, 1.807) is 0 Å². The average molecular weight is 392 g/mol. The van der Waals surface area contributed by atoms with Gasteiger partial charge in [0.2, 0.25) is 5.91 Å². The van der Waals surface area contributed by atoms with Crippen LogP contribution in [-0.2, 0) is 27.8 Å². The second-order valence-corrected chi connectivity index (χ2v) is 8.90. The molecule has 2 heterocycles. The number of hydrogen-bond donors (Lipinski definition) is 1. The number of anilines is 2. The molecule has 2 aliphatic heterocycles. The first-order valence-corrected chi connectivity index (χ1v) is 10.3. The molecule has 2 aromatic rings. The highest BCUT2D eigenvalue weighted by Gasteiger charge is 2.29. The van der Waals surface area contributed by atoms with E-state index < -0.39 is 0 Å². The van der Waals surface area contributed by atoms with Gasteiger partial charge in [-0.05, 0) is 65.6 Å². The summed E-state index contributed by atoms with van der Waals surface area (Å²) in [6.07, 6.45) is 3.17. The summed E-state index contributed by atoms with van der Waals surface area (Å²) in [5.41, 5.74) is 5.46. The second-order valence-electron chi connectivity index (χ2n) is 8.90. The number of carbonyl (C=O) groups excluding carboxylic acids is 2. The van der Waals surface area contributed by atoms with Crippen molar-refractivity contribution in [2.75, 3.05) is 23.4 Å². The van der Waals surface area contributed by atoms with Crippen LogP contribution in [0, 0.1) is 0 Å². The van der Waals surface area contributed by atoms with Crippen LogP contribution in [0.3, 0.4) is 0 Å². The van der Waals surface area contributed by atoms with Crippen molar-refractivity contribution in [3.8, 4) is 5.75 Å². The molecule has 0 saturated carbocycles. The first-order valence-electron chi connectivity index (χ1n) is 10.3. The molecule has 0 spiro atoms. The molecule has 0 aliphatic carbocycles. The van der Waals surface area contributed by atoms with E-state index in [0.29, 0.717) is 12.2 Å². The number of hydrogen-bond acceptors (Lipinski definition) is 3. The smallest absolute Gasteiger partial charge is 0.262 e. The van der Waals surface area contributed by atoms with Gasteiger partial charge in [-0.15, -0.1) is 0 Å². The highest BCUT2D eigenvalue weighted by molar-refractivity contribution is 5.99. The number of nitrogens with one attached hydrogen (secondary N) is 1. The van der Waals surface area contributed by atoms with Crippen molar-refractivity contribution in [3.63, 3.8) is 0 Å². The molecule has 5 heteroatoms. The maximum Gasteiger partial charge on any atom is 0.262 e. The van der Waals surface area contributed by atoms with Crippen LogP contribution in [0.2, 0.25) is 0 Å². The monoisotopic (exact) mass is 392 g/mol. The standard InChI is InChI=1S/C24H28N2O3/c1-24(2,3)18-7-9-20(10-8-18)29-15-21(27)25-19-13-16-5-4-12-26-22(28)11-6-17(14-19)23(16)26/h7-10,13-14H,4-6,11-12,15H2,1-3H3,(H,25,27). The largest absolute Gasteiger partial charge is 0.484 e. The Bertz CT molecular complexity index is 925. The first kappa shape index (κ1) is 19.5. The number of amides is 2. The van der Waals surface area contributed by atoms with Crippen molar-refractivity contribution in [1.29, 1.82) is 0 Å². The van der Waals surface area contributed by atoms with Gasteiger partial charge in [0.15, 0.2) is 6.61 Å². The van der Waals surface area contributed by atoms with Gasteiger partial charge >= 0.3 is 0 Å². The molecular weight excluding hydrogens is 364 g/mol. The van der Waals surface area contributed by atoms with Gasteiger partial charge in [0.05, 0.1) is 5.69 Å². The van der Waals surface area contributed by atoms with Gasteiger partial charge in [-0.3, -0.25) is 9.59 Å². The van der Waals surface area contributed by atoms with Crippen molar-refractivity contribution >= 4 is 23.2 Å². The fourth-order valence-electron chi connectivity index (χ4n) is 4.12. The van der Waals surface area contributed by atoms with E-state index in [1.165, 1.54) is 5.56 Å². The summed E-state index contributed by atoms with van der Waals surface area (Å²) in [7, 11) is 0. The van der Waals surface area contributed by atoms with Crippen molar-refractivity contribution in [3.05, 3.63) is 53.1 Å². The van der Waals surface area contributed by atoms with E-state index in [0.717, 1.165) is 48.3 Å². The molecule has 0 fully saturated rings. The van der Waals surface area contributed by atoms with E-state index in [4.69, 9.17) is 4.74 Å². The van der Waals surface area contributed by atoms with E-state index in [-0.39, 0.29) is 23.8 Å². The highest BCUT2D eigenvalue weighted by Crippen LogP contribution is 2.37. The van der Waals surface area contributed by atoms with Crippen LogP contribution in [0.25, 0.3) is 0 Å². The lowest BCUT2D eigenvalue weighted by Gasteiger charge is -2.35. The van der Waals surface area contributed by atoms with Crippen molar-refractivity contribution in [2.24, 2.45) is 0 Å². The van der Waals surface area contributed by atoms with Crippen LogP contribution in [0.5, 0.6) is 5.75 Å². The summed E-state index contributed by atoms with van der Waals surface area (Å²) in [6, 6.07) is 11.9. The highest BCUT2D eigenvalue weighted by atomic mass is 16.5. The van der Waals surface area contributed by atoms with E-state index in [2.05, 4.69) is 26.1 Å². The predicted octanol–water partition coefficient (Wildman–Crippen LogP) is 4.23. The quantitative estimate of drug-likeness (QED) is 0.847. The van der Waals surface area contributed by atoms with Gasteiger partial charge in [-0.25, -0.2) is 0 Å². The zero-order valence-electron chi connectivity index (χ0n) is 17.4. The summed E-state index contributed by atoms with van der Waals surface area (Å²) >= 11 is 0. The topological polar surface area (TPSA) is 58.6 Å². The number of nitrogens with zero attached hydrogens (tertiary/aromatic N) is 1. The predicted molar refractivity (Wildman–Crippen MR) is 115 cm³/mol. The SMILES string of the molecule is CC(C)(C)c1ccc(OCC(=O)Nc2cc3c4c(c2)CCC(=O)N4CCC3)cc1. The van der Waals surface area contributed by atoms with Crippen molar-refractivity contribution in [1.82, 2.24) is 0 Å². The molecule has 0 bridgehead atoms. The van der Waals surface area contributed by atoms with E-state index >= 15 is 0 Å². The Morgan fingerprint density at radius 2 is 1.76 bits per heavy atom. The molecular formula is C24H28N2O3. The molecule has 0 radical (unpaired) electrons. The zero-order chi connectivity index (χ0) is 20.6. The number of carbonyl (C=O) groups is 2. The van der Waals surface area contributed by atoms with Crippen molar-refractivity contribution < 1.29 is 14.3 Å². The van der Waals surface area contributed by atoms with Crippen LogP contribution in [-0.4, -0.2) is 25.0 Å². The maximum absolute atomic E-state index is 12.4. The molecule has 0 unspecified atom stereocenters. The van der Waals surface area contributed by atoms with Crippen molar-refractivity contribution in [2.45, 2.75) is 51.9 Å².